The second-order valence-electron chi connectivity index (χ2n) is 5.18. The highest BCUT2D eigenvalue weighted by Crippen LogP contribution is 2.57. The molecule has 1 nitrogen and oxygen atoms in total. The lowest BCUT2D eigenvalue weighted by Gasteiger charge is -2.40. The van der Waals surface area contributed by atoms with Crippen LogP contribution in [-0.2, 0) is 4.74 Å². The SMILES string of the molecule is c1ccc2c(c1)[C@H]1[C@@H]3O[C@@H]3CCCC[C@@H]21. The Morgan fingerprint density at radius 1 is 1.00 bits per heavy atom. The van der Waals surface area contributed by atoms with Gasteiger partial charge >= 0.3 is 0 Å². The molecule has 0 amide bonds. The fourth-order valence-corrected chi connectivity index (χ4v) is 3.62. The number of fused-ring (bicyclic) bond motifs is 6. The number of ether oxygens (including phenoxy) is 1. The van der Waals surface area contributed by atoms with Gasteiger partial charge in [0.1, 0.15) is 0 Å². The van der Waals surface area contributed by atoms with Gasteiger partial charge in [0.2, 0.25) is 0 Å². The highest BCUT2D eigenvalue weighted by atomic mass is 16.6. The van der Waals surface area contributed by atoms with E-state index in [4.69, 9.17) is 4.74 Å². The van der Waals surface area contributed by atoms with Crippen molar-refractivity contribution in [2.24, 2.45) is 0 Å². The van der Waals surface area contributed by atoms with Gasteiger partial charge in [-0.1, -0.05) is 37.1 Å². The third kappa shape index (κ3) is 1.07. The summed E-state index contributed by atoms with van der Waals surface area (Å²) in [6, 6.07) is 8.97. The Bertz CT molecular complexity index is 398. The summed E-state index contributed by atoms with van der Waals surface area (Å²) in [4.78, 5) is 0. The molecule has 2 aliphatic carbocycles. The van der Waals surface area contributed by atoms with Gasteiger partial charge in [0.15, 0.2) is 0 Å². The van der Waals surface area contributed by atoms with Crippen LogP contribution in [0.5, 0.6) is 0 Å². The molecule has 4 atom stereocenters. The molecular weight excluding hydrogens is 184 g/mol. The van der Waals surface area contributed by atoms with Gasteiger partial charge in [-0.15, -0.1) is 0 Å². The Balaban J connectivity index is 1.73. The fraction of sp³-hybridized carbons (Fsp3) is 0.571. The first-order valence-corrected chi connectivity index (χ1v) is 6.19. The van der Waals surface area contributed by atoms with E-state index in [1.54, 1.807) is 11.1 Å². The molecule has 1 saturated carbocycles. The molecule has 0 spiro atoms. The van der Waals surface area contributed by atoms with Crippen LogP contribution in [0.4, 0.5) is 0 Å². The van der Waals surface area contributed by atoms with Crippen molar-refractivity contribution < 1.29 is 4.74 Å². The zero-order valence-corrected chi connectivity index (χ0v) is 8.86. The molecule has 3 aliphatic rings. The zero-order chi connectivity index (χ0) is 9.83. The van der Waals surface area contributed by atoms with E-state index >= 15 is 0 Å². The van der Waals surface area contributed by atoms with Crippen molar-refractivity contribution in [1.29, 1.82) is 0 Å². The van der Waals surface area contributed by atoms with Crippen molar-refractivity contribution >= 4 is 0 Å². The predicted molar refractivity (Wildman–Crippen MR) is 59.1 cm³/mol. The average molecular weight is 200 g/mol. The van der Waals surface area contributed by atoms with Gasteiger partial charge < -0.3 is 4.74 Å². The lowest BCUT2D eigenvalue weighted by atomic mass is 9.63. The smallest absolute Gasteiger partial charge is 0.0916 e. The standard InChI is InChI=1S/C14H16O/c1-2-6-10-9(5-1)11-7-3-4-8-12-14(15-12)13(10)11/h1-2,5-6,11-14H,3-4,7-8H2/t11-,12+,13+,14+/m0/s1. The van der Waals surface area contributed by atoms with Gasteiger partial charge in [-0.2, -0.15) is 0 Å². The summed E-state index contributed by atoms with van der Waals surface area (Å²) in [7, 11) is 0. The van der Waals surface area contributed by atoms with Crippen molar-refractivity contribution in [3.63, 3.8) is 0 Å². The first-order chi connectivity index (χ1) is 7.45. The molecule has 1 heterocycles. The molecule has 0 unspecified atom stereocenters. The number of hydrogen-bond donors (Lipinski definition) is 0. The molecule has 1 aromatic rings. The summed E-state index contributed by atoms with van der Waals surface area (Å²) in [5.74, 6) is 1.56. The topological polar surface area (TPSA) is 12.5 Å². The highest BCUT2D eigenvalue weighted by molar-refractivity contribution is 5.47. The van der Waals surface area contributed by atoms with Gasteiger partial charge in [0, 0.05) is 5.92 Å². The Morgan fingerprint density at radius 2 is 1.80 bits per heavy atom. The van der Waals surface area contributed by atoms with Crippen LogP contribution in [0.1, 0.15) is 48.6 Å². The number of rotatable bonds is 0. The van der Waals surface area contributed by atoms with Crippen LogP contribution < -0.4 is 0 Å². The van der Waals surface area contributed by atoms with E-state index in [2.05, 4.69) is 24.3 Å². The van der Waals surface area contributed by atoms with Crippen molar-refractivity contribution in [3.05, 3.63) is 35.4 Å². The molecular formula is C14H16O. The molecule has 1 heteroatoms. The molecule has 1 aliphatic heterocycles. The van der Waals surface area contributed by atoms with Crippen molar-refractivity contribution in [2.75, 3.05) is 0 Å². The Morgan fingerprint density at radius 3 is 2.73 bits per heavy atom. The van der Waals surface area contributed by atoms with Crippen LogP contribution >= 0.6 is 0 Å². The monoisotopic (exact) mass is 200 g/mol. The summed E-state index contributed by atoms with van der Waals surface area (Å²) >= 11 is 0. The van der Waals surface area contributed by atoms with Crippen LogP contribution in [0.2, 0.25) is 0 Å². The zero-order valence-electron chi connectivity index (χ0n) is 8.86. The number of epoxide rings is 1. The van der Waals surface area contributed by atoms with Gasteiger partial charge in [0.25, 0.3) is 0 Å². The minimum absolute atomic E-state index is 0.574. The lowest BCUT2D eigenvalue weighted by Crippen LogP contribution is -2.30. The van der Waals surface area contributed by atoms with E-state index in [-0.39, 0.29) is 0 Å². The van der Waals surface area contributed by atoms with E-state index < -0.39 is 0 Å². The Hall–Kier alpha value is -0.820. The van der Waals surface area contributed by atoms with E-state index in [1.807, 2.05) is 0 Å². The van der Waals surface area contributed by atoms with Crippen LogP contribution in [0.3, 0.4) is 0 Å². The summed E-state index contributed by atoms with van der Waals surface area (Å²) < 4.78 is 5.83. The maximum Gasteiger partial charge on any atom is 0.0916 e. The number of hydrogen-bond acceptors (Lipinski definition) is 1. The van der Waals surface area contributed by atoms with E-state index in [0.717, 1.165) is 11.8 Å². The predicted octanol–water partition coefficient (Wildman–Crippen LogP) is 3.21. The fourth-order valence-electron chi connectivity index (χ4n) is 3.62. The molecule has 4 rings (SSSR count). The van der Waals surface area contributed by atoms with Crippen LogP contribution in [0.25, 0.3) is 0 Å². The van der Waals surface area contributed by atoms with Crippen LogP contribution in [0.15, 0.2) is 24.3 Å². The van der Waals surface area contributed by atoms with E-state index in [9.17, 15) is 0 Å². The lowest BCUT2D eigenvalue weighted by molar-refractivity contribution is 0.311. The molecule has 1 saturated heterocycles. The largest absolute Gasteiger partial charge is 0.369 e. The third-order valence-corrected chi connectivity index (χ3v) is 4.42. The Labute approximate surface area is 90.4 Å². The van der Waals surface area contributed by atoms with Crippen molar-refractivity contribution in [3.8, 4) is 0 Å². The van der Waals surface area contributed by atoms with Gasteiger partial charge in [-0.3, -0.25) is 0 Å². The van der Waals surface area contributed by atoms with Crippen molar-refractivity contribution in [1.82, 2.24) is 0 Å². The second kappa shape index (κ2) is 2.85. The summed E-state index contributed by atoms with van der Waals surface area (Å²) in [5, 5.41) is 0. The molecule has 15 heavy (non-hydrogen) atoms. The molecule has 0 N–H and O–H groups in total. The normalized spacial score (nSPS) is 41.3. The van der Waals surface area contributed by atoms with Gasteiger partial charge in [-0.05, 0) is 29.9 Å². The minimum Gasteiger partial charge on any atom is -0.369 e. The van der Waals surface area contributed by atoms with Crippen LogP contribution in [-0.4, -0.2) is 12.2 Å². The van der Waals surface area contributed by atoms with E-state index in [1.165, 1.54) is 25.7 Å². The average Bonchev–Trinajstić information content (AvgIpc) is 2.95. The molecule has 2 fully saturated rings. The summed E-state index contributed by atoms with van der Waals surface area (Å²) in [6.07, 6.45) is 6.62. The minimum atomic E-state index is 0.574. The molecule has 1 aromatic carbocycles. The Kier molecular flexibility index (Phi) is 1.59. The van der Waals surface area contributed by atoms with Gasteiger partial charge in [-0.25, -0.2) is 0 Å². The molecule has 0 aromatic heterocycles. The maximum absolute atomic E-state index is 5.83. The summed E-state index contributed by atoms with van der Waals surface area (Å²) in [5.41, 5.74) is 3.19. The second-order valence-corrected chi connectivity index (χ2v) is 5.18. The maximum atomic E-state index is 5.83. The third-order valence-electron chi connectivity index (χ3n) is 4.42. The quantitative estimate of drug-likeness (QED) is 0.586. The first kappa shape index (κ1) is 8.35. The molecule has 0 bridgehead atoms. The highest BCUT2D eigenvalue weighted by Gasteiger charge is 2.53. The molecule has 78 valence electrons. The van der Waals surface area contributed by atoms with E-state index in [0.29, 0.717) is 12.2 Å². The van der Waals surface area contributed by atoms with Crippen LogP contribution in [0, 0.1) is 0 Å². The van der Waals surface area contributed by atoms with Crippen molar-refractivity contribution in [2.45, 2.75) is 49.7 Å². The van der Waals surface area contributed by atoms with Gasteiger partial charge in [0.05, 0.1) is 12.2 Å². The number of benzene rings is 1. The first-order valence-electron chi connectivity index (χ1n) is 6.19. The molecule has 0 radical (unpaired) electrons. The summed E-state index contributed by atoms with van der Waals surface area (Å²) in [6.45, 7) is 0.